The van der Waals surface area contributed by atoms with Crippen molar-refractivity contribution in [1.82, 2.24) is 0 Å². The Bertz CT molecular complexity index is 430. The fourth-order valence-electron chi connectivity index (χ4n) is 5.26. The topological polar surface area (TPSA) is 0 Å². The zero-order valence-electron chi connectivity index (χ0n) is 22.0. The summed E-state index contributed by atoms with van der Waals surface area (Å²) in [6.07, 6.45) is 5.32. The summed E-state index contributed by atoms with van der Waals surface area (Å²) in [6, 6.07) is 0. The van der Waals surface area contributed by atoms with Crippen LogP contribution >= 0.6 is 0 Å². The quantitative estimate of drug-likeness (QED) is 0.307. The van der Waals surface area contributed by atoms with E-state index in [1.165, 1.54) is 25.7 Å². The SMILES string of the molecule is C[C-]1CC(C)(C(C)(C)C(C)(C)C)C1.C[C-]1CC(C)(C(C)(C)C(C)(C)C)C1.[Y].[Y]. The van der Waals surface area contributed by atoms with Gasteiger partial charge in [0.05, 0.1) is 0 Å². The molecule has 162 valence electrons. The predicted molar refractivity (Wildman–Crippen MR) is 119 cm³/mol. The minimum Gasteiger partial charge on any atom is -0.316 e. The van der Waals surface area contributed by atoms with Crippen LogP contribution in [0.25, 0.3) is 0 Å². The van der Waals surface area contributed by atoms with Crippen molar-refractivity contribution in [2.45, 2.75) is 123 Å². The van der Waals surface area contributed by atoms with Gasteiger partial charge in [-0.05, 0) is 21.7 Å². The van der Waals surface area contributed by atoms with Crippen molar-refractivity contribution in [3.63, 3.8) is 0 Å². The normalized spacial score (nSPS) is 22.5. The number of hydrogen-bond acceptors (Lipinski definition) is 0. The Balaban J connectivity index is 0. The van der Waals surface area contributed by atoms with E-state index in [0.29, 0.717) is 32.5 Å². The molecule has 0 aliphatic heterocycles. The molecule has 0 atom stereocenters. The molecular weight excluding hydrogens is 490 g/mol. The second-order valence-corrected chi connectivity index (χ2v) is 13.5. The molecule has 2 saturated carbocycles. The van der Waals surface area contributed by atoms with Gasteiger partial charge in [-0.1, -0.05) is 93.9 Å². The van der Waals surface area contributed by atoms with Gasteiger partial charge in [-0.3, -0.25) is 0 Å². The molecule has 2 heteroatoms. The van der Waals surface area contributed by atoms with E-state index in [0.717, 1.165) is 0 Å². The second kappa shape index (κ2) is 10.0. The monoisotopic (exact) mass is 540 g/mol. The molecule has 0 bridgehead atoms. The van der Waals surface area contributed by atoms with Crippen LogP contribution < -0.4 is 0 Å². The molecule has 0 aromatic rings. The standard InChI is InChI=1S/2C13H25.2Y/c2*1-10-8-13(7,9-10)12(5,6)11(2,3)4;;/h2*8-9H2,1-7H3;;/q2*-1;;. The molecule has 0 aromatic heterocycles. The molecule has 0 heterocycles. The fourth-order valence-corrected chi connectivity index (χ4v) is 5.26. The maximum Gasteiger partial charge on any atom is 0 e. The van der Waals surface area contributed by atoms with Gasteiger partial charge >= 0.3 is 0 Å². The summed E-state index contributed by atoms with van der Waals surface area (Å²) >= 11 is 0. The summed E-state index contributed by atoms with van der Waals surface area (Å²) in [5, 5.41) is 0. The molecule has 0 amide bonds. The molecule has 0 spiro atoms. The average Bonchev–Trinajstić information content (AvgIpc) is 2.33. The Hall–Kier alpha value is 2.21. The molecule has 0 nitrogen and oxygen atoms in total. The van der Waals surface area contributed by atoms with Gasteiger partial charge in [-0.15, -0.1) is 0 Å². The summed E-state index contributed by atoms with van der Waals surface area (Å²) in [7, 11) is 0. The van der Waals surface area contributed by atoms with Crippen LogP contribution in [-0.4, -0.2) is 0 Å². The van der Waals surface area contributed by atoms with Gasteiger partial charge in [0.15, 0.2) is 0 Å². The molecular formula is C26H50Y2-2. The smallest absolute Gasteiger partial charge is 0 e. The first-order valence-electron chi connectivity index (χ1n) is 10.8. The van der Waals surface area contributed by atoms with Crippen LogP contribution in [0, 0.1) is 44.3 Å². The van der Waals surface area contributed by atoms with Gasteiger partial charge in [0, 0.05) is 65.4 Å². The molecule has 2 fully saturated rings. The van der Waals surface area contributed by atoms with Crippen molar-refractivity contribution in [3.05, 3.63) is 11.8 Å². The van der Waals surface area contributed by atoms with Crippen LogP contribution in [-0.2, 0) is 65.4 Å². The van der Waals surface area contributed by atoms with Gasteiger partial charge in [0.2, 0.25) is 0 Å². The Morgan fingerprint density at radius 1 is 0.500 bits per heavy atom. The van der Waals surface area contributed by atoms with E-state index in [1.54, 1.807) is 11.8 Å². The zero-order chi connectivity index (χ0) is 21.0. The van der Waals surface area contributed by atoms with Crippen LogP contribution in [0.2, 0.25) is 0 Å². The first-order valence-corrected chi connectivity index (χ1v) is 10.8. The molecule has 2 aliphatic rings. The van der Waals surface area contributed by atoms with Crippen molar-refractivity contribution in [1.29, 1.82) is 0 Å². The van der Waals surface area contributed by atoms with E-state index < -0.39 is 0 Å². The third-order valence-corrected chi connectivity index (χ3v) is 9.54. The van der Waals surface area contributed by atoms with Gasteiger partial charge in [-0.2, -0.15) is 39.5 Å². The van der Waals surface area contributed by atoms with Gasteiger partial charge in [-0.25, -0.2) is 0 Å². The number of rotatable bonds is 2. The van der Waals surface area contributed by atoms with E-state index >= 15 is 0 Å². The van der Waals surface area contributed by atoms with Crippen LogP contribution in [0.1, 0.15) is 123 Å². The Kier molecular flexibility index (Phi) is 11.6. The van der Waals surface area contributed by atoms with E-state index in [2.05, 4.69) is 96.9 Å². The third kappa shape index (κ3) is 6.16. The van der Waals surface area contributed by atoms with Gasteiger partial charge < -0.3 is 11.8 Å². The molecule has 2 aliphatic carbocycles. The predicted octanol–water partition coefficient (Wildman–Crippen LogP) is 8.90. The average molecular weight is 540 g/mol. The minimum atomic E-state index is 0. The molecule has 2 radical (unpaired) electrons. The first-order chi connectivity index (χ1) is 11.2. The summed E-state index contributed by atoms with van der Waals surface area (Å²) in [4.78, 5) is 0. The van der Waals surface area contributed by atoms with Crippen LogP contribution in [0.5, 0.6) is 0 Å². The van der Waals surface area contributed by atoms with Crippen molar-refractivity contribution in [2.24, 2.45) is 32.5 Å². The van der Waals surface area contributed by atoms with Gasteiger partial charge in [0.1, 0.15) is 0 Å². The Morgan fingerprint density at radius 2 is 0.679 bits per heavy atom. The summed E-state index contributed by atoms with van der Waals surface area (Å²) < 4.78 is 0. The molecule has 2 rings (SSSR count). The molecule has 28 heavy (non-hydrogen) atoms. The second-order valence-electron chi connectivity index (χ2n) is 13.5. The van der Waals surface area contributed by atoms with Crippen LogP contribution in [0.15, 0.2) is 0 Å². The summed E-state index contributed by atoms with van der Waals surface area (Å²) in [6.45, 7) is 33.4. The third-order valence-electron chi connectivity index (χ3n) is 9.54. The first kappa shape index (κ1) is 32.4. The Labute approximate surface area is 230 Å². The molecule has 0 unspecified atom stereocenters. The maximum atomic E-state index is 2.45. The van der Waals surface area contributed by atoms with Gasteiger partial charge in [0.25, 0.3) is 0 Å². The summed E-state index contributed by atoms with van der Waals surface area (Å²) in [5.74, 6) is 3.36. The largest absolute Gasteiger partial charge is 0.316 e. The van der Waals surface area contributed by atoms with Crippen LogP contribution in [0.4, 0.5) is 0 Å². The van der Waals surface area contributed by atoms with Crippen molar-refractivity contribution in [3.8, 4) is 0 Å². The molecule has 0 N–H and O–H groups in total. The van der Waals surface area contributed by atoms with Crippen molar-refractivity contribution >= 4 is 0 Å². The summed E-state index contributed by atoms with van der Waals surface area (Å²) in [5.41, 5.74) is 2.74. The van der Waals surface area contributed by atoms with E-state index in [-0.39, 0.29) is 65.4 Å². The van der Waals surface area contributed by atoms with Crippen molar-refractivity contribution in [2.75, 3.05) is 0 Å². The van der Waals surface area contributed by atoms with Crippen LogP contribution in [0.3, 0.4) is 0 Å². The Morgan fingerprint density at radius 3 is 0.786 bits per heavy atom. The van der Waals surface area contributed by atoms with Crippen molar-refractivity contribution < 1.29 is 65.4 Å². The van der Waals surface area contributed by atoms with E-state index in [4.69, 9.17) is 0 Å². The minimum absolute atomic E-state index is 0. The fraction of sp³-hybridized carbons (Fsp3) is 0.923. The maximum absolute atomic E-state index is 2.45. The molecule has 0 aromatic carbocycles. The zero-order valence-corrected chi connectivity index (χ0v) is 27.7. The number of hydrogen-bond donors (Lipinski definition) is 0. The van der Waals surface area contributed by atoms with E-state index in [9.17, 15) is 0 Å². The van der Waals surface area contributed by atoms with E-state index in [1.807, 2.05) is 0 Å². The molecule has 0 saturated heterocycles.